The molecular formula is H3Ca2NO4S+2. The molecule has 0 fully saturated rings. The first-order valence-corrected chi connectivity index (χ1v) is 2.00. The third kappa shape index (κ3) is 81.7. The van der Waals surface area contributed by atoms with Crippen molar-refractivity contribution >= 4 is 85.9 Å². The van der Waals surface area contributed by atoms with Crippen LogP contribution in [0.5, 0.6) is 0 Å². The minimum absolute atomic E-state index is 0. The summed E-state index contributed by atoms with van der Waals surface area (Å²) in [5.74, 6) is 0. The largest absolute Gasteiger partial charge is 2.00 e. The molecule has 0 radical (unpaired) electrons. The van der Waals surface area contributed by atoms with Gasteiger partial charge in [0.15, 0.2) is 0 Å². The fourth-order valence-corrected chi connectivity index (χ4v) is 0. The molecule has 0 aromatic heterocycles. The first kappa shape index (κ1) is 22.4. The number of rotatable bonds is 0. The standard InChI is InChI=1S/2Ca.H3N.H2O4S/c;;;1-5(2,3)4/h;;1H3;(H2,1,2,3,4)/q2*+2;;/p-2. The van der Waals surface area contributed by atoms with Gasteiger partial charge in [0.05, 0.1) is 0 Å². The summed E-state index contributed by atoms with van der Waals surface area (Å²) in [6, 6.07) is 0. The van der Waals surface area contributed by atoms with E-state index in [-0.39, 0.29) is 81.6 Å². The van der Waals surface area contributed by atoms with Crippen LogP contribution >= 0.6 is 0 Å². The molecular weight excluding hydrogens is 190 g/mol. The van der Waals surface area contributed by atoms with Crippen LogP contribution in [0.3, 0.4) is 0 Å². The van der Waals surface area contributed by atoms with Gasteiger partial charge >= 0.3 is 75.5 Å². The molecule has 0 aromatic carbocycles. The molecule has 0 unspecified atom stereocenters. The molecule has 0 saturated heterocycles. The van der Waals surface area contributed by atoms with Gasteiger partial charge in [-0.25, -0.2) is 0 Å². The number of hydrogen-bond donors (Lipinski definition) is 1. The molecule has 5 nitrogen and oxygen atoms in total. The molecule has 0 rings (SSSR count). The summed E-state index contributed by atoms with van der Waals surface area (Å²) >= 11 is 0. The number of hydrogen-bond acceptors (Lipinski definition) is 5. The minimum Gasteiger partial charge on any atom is -0.759 e. The monoisotopic (exact) mass is 193 g/mol. The molecule has 0 saturated carbocycles. The fourth-order valence-electron chi connectivity index (χ4n) is 0. The maximum absolute atomic E-state index is 8.52. The van der Waals surface area contributed by atoms with Crippen LogP contribution in [-0.4, -0.2) is 93.0 Å². The third-order valence-electron chi connectivity index (χ3n) is 0. The van der Waals surface area contributed by atoms with Gasteiger partial charge in [-0.2, -0.15) is 0 Å². The van der Waals surface area contributed by atoms with Crippen molar-refractivity contribution in [3.05, 3.63) is 0 Å². The predicted octanol–water partition coefficient (Wildman–Crippen LogP) is -1.94. The second-order valence-corrected chi connectivity index (χ2v) is 1.22. The van der Waals surface area contributed by atoms with Crippen molar-refractivity contribution in [1.82, 2.24) is 6.15 Å². The molecule has 0 aromatic rings. The van der Waals surface area contributed by atoms with E-state index in [1.54, 1.807) is 0 Å². The molecule has 0 aliphatic rings. The first-order chi connectivity index (χ1) is 2.00. The summed E-state index contributed by atoms with van der Waals surface area (Å²) in [6.07, 6.45) is 0. The molecule has 8 heavy (non-hydrogen) atoms. The van der Waals surface area contributed by atoms with Gasteiger partial charge in [-0.15, -0.1) is 0 Å². The zero-order chi connectivity index (χ0) is 4.50. The van der Waals surface area contributed by atoms with Crippen molar-refractivity contribution in [2.24, 2.45) is 0 Å². The SMILES string of the molecule is N.O=S(=O)([O-])[O-].[Ca+2].[Ca+2]. The third-order valence-corrected chi connectivity index (χ3v) is 0. The van der Waals surface area contributed by atoms with E-state index in [1.165, 1.54) is 0 Å². The van der Waals surface area contributed by atoms with Gasteiger partial charge in [0.25, 0.3) is 0 Å². The Morgan fingerprint density at radius 3 is 1.00 bits per heavy atom. The average Bonchev–Trinajstić information content (AvgIpc) is 0.722. The average molecular weight is 193 g/mol. The van der Waals surface area contributed by atoms with Crippen molar-refractivity contribution < 1.29 is 17.5 Å². The van der Waals surface area contributed by atoms with Crippen LogP contribution in [0.15, 0.2) is 0 Å². The summed E-state index contributed by atoms with van der Waals surface area (Å²) in [4.78, 5) is 0. The Bertz CT molecular complexity index is 97.2. The molecule has 0 bridgehead atoms. The van der Waals surface area contributed by atoms with Crippen molar-refractivity contribution in [1.29, 1.82) is 0 Å². The topological polar surface area (TPSA) is 115 Å². The van der Waals surface area contributed by atoms with Crippen molar-refractivity contribution in [3.63, 3.8) is 0 Å². The normalized spacial score (nSPS) is 7.25. The molecule has 0 aliphatic heterocycles. The van der Waals surface area contributed by atoms with Crippen LogP contribution in [0, 0.1) is 0 Å². The molecule has 0 atom stereocenters. The van der Waals surface area contributed by atoms with Gasteiger partial charge in [-0.3, -0.25) is 8.42 Å². The van der Waals surface area contributed by atoms with E-state index in [1.807, 2.05) is 0 Å². The quantitative estimate of drug-likeness (QED) is 0.273. The zero-order valence-electron chi connectivity index (χ0n) is 4.16. The van der Waals surface area contributed by atoms with Crippen LogP contribution in [0.1, 0.15) is 0 Å². The second-order valence-electron chi connectivity index (χ2n) is 0.408. The molecule has 3 N–H and O–H groups in total. The van der Waals surface area contributed by atoms with Crippen molar-refractivity contribution in [3.8, 4) is 0 Å². The van der Waals surface area contributed by atoms with Gasteiger partial charge in [0.2, 0.25) is 0 Å². The zero-order valence-corrected chi connectivity index (χ0v) is 9.40. The van der Waals surface area contributed by atoms with E-state index in [9.17, 15) is 0 Å². The maximum Gasteiger partial charge on any atom is 2.00 e. The van der Waals surface area contributed by atoms with Gasteiger partial charge in [-0.05, 0) is 0 Å². The van der Waals surface area contributed by atoms with E-state index in [0.717, 1.165) is 0 Å². The van der Waals surface area contributed by atoms with Gasteiger partial charge in [0.1, 0.15) is 0 Å². The van der Waals surface area contributed by atoms with Gasteiger partial charge in [-0.1, -0.05) is 0 Å². The smallest absolute Gasteiger partial charge is 0.759 e. The molecule has 40 valence electrons. The second kappa shape index (κ2) is 9.35. The van der Waals surface area contributed by atoms with E-state index in [0.29, 0.717) is 0 Å². The van der Waals surface area contributed by atoms with Crippen LogP contribution in [0.4, 0.5) is 0 Å². The Hall–Kier alpha value is 2.35. The Balaban J connectivity index is -0.0000000267. The van der Waals surface area contributed by atoms with Gasteiger partial charge < -0.3 is 15.3 Å². The Morgan fingerprint density at radius 2 is 1.00 bits per heavy atom. The van der Waals surface area contributed by atoms with Crippen LogP contribution in [-0.2, 0) is 10.4 Å². The van der Waals surface area contributed by atoms with E-state index in [4.69, 9.17) is 17.5 Å². The summed E-state index contributed by atoms with van der Waals surface area (Å²) in [5.41, 5.74) is 0. The summed E-state index contributed by atoms with van der Waals surface area (Å²) in [5, 5.41) is 0. The predicted molar refractivity (Wildman–Crippen MR) is 27.0 cm³/mol. The Labute approximate surface area is 107 Å². The molecule has 0 spiro atoms. The summed E-state index contributed by atoms with van der Waals surface area (Å²) in [6.45, 7) is 0. The maximum atomic E-state index is 8.52. The molecule has 8 heteroatoms. The Kier molecular flexibility index (Phi) is 26.2. The van der Waals surface area contributed by atoms with Crippen LogP contribution in [0.2, 0.25) is 0 Å². The van der Waals surface area contributed by atoms with E-state index >= 15 is 0 Å². The van der Waals surface area contributed by atoms with Crippen molar-refractivity contribution in [2.45, 2.75) is 0 Å². The van der Waals surface area contributed by atoms with E-state index in [2.05, 4.69) is 0 Å². The molecule has 0 aliphatic carbocycles. The van der Waals surface area contributed by atoms with Gasteiger partial charge in [0, 0.05) is 10.4 Å². The minimum atomic E-state index is -5.17. The summed E-state index contributed by atoms with van der Waals surface area (Å²) in [7, 11) is -5.17. The Morgan fingerprint density at radius 1 is 1.00 bits per heavy atom. The molecule has 0 heterocycles. The molecule has 0 amide bonds. The first-order valence-electron chi connectivity index (χ1n) is 0.667. The van der Waals surface area contributed by atoms with Crippen molar-refractivity contribution in [2.75, 3.05) is 0 Å². The van der Waals surface area contributed by atoms with Crippen LogP contribution in [0.25, 0.3) is 0 Å². The fraction of sp³-hybridized carbons (Fsp3) is 0. The summed E-state index contributed by atoms with van der Waals surface area (Å²) < 4.78 is 34.1. The van der Waals surface area contributed by atoms with Crippen LogP contribution < -0.4 is 6.15 Å². The van der Waals surface area contributed by atoms with E-state index < -0.39 is 10.4 Å².